The smallest absolute Gasteiger partial charge is 0.138 e. The standard InChI is InChI=1S/C14H21Br2NO2/c1-3-5-12(18)9-17-8-10-6-11(15)7-13(16)14(10)19-4-2/h6-7,12,17-18H,3-5,8-9H2,1-2H3. The van der Waals surface area contributed by atoms with Crippen LogP contribution in [0.15, 0.2) is 21.1 Å². The molecule has 0 saturated heterocycles. The van der Waals surface area contributed by atoms with Gasteiger partial charge in [0.25, 0.3) is 0 Å². The maximum absolute atomic E-state index is 9.70. The maximum atomic E-state index is 9.70. The molecule has 0 bridgehead atoms. The first-order valence-electron chi connectivity index (χ1n) is 6.58. The van der Waals surface area contributed by atoms with Crippen molar-refractivity contribution >= 4 is 31.9 Å². The highest BCUT2D eigenvalue weighted by Gasteiger charge is 2.10. The van der Waals surface area contributed by atoms with Crippen LogP contribution in [0.25, 0.3) is 0 Å². The Labute approximate surface area is 132 Å². The fraction of sp³-hybridized carbons (Fsp3) is 0.571. The molecule has 0 radical (unpaired) electrons. The van der Waals surface area contributed by atoms with E-state index in [9.17, 15) is 5.11 Å². The maximum Gasteiger partial charge on any atom is 0.138 e. The number of aliphatic hydroxyl groups is 1. The van der Waals surface area contributed by atoms with Crippen molar-refractivity contribution in [2.75, 3.05) is 13.2 Å². The zero-order valence-corrected chi connectivity index (χ0v) is 14.6. The molecule has 0 fully saturated rings. The van der Waals surface area contributed by atoms with Crippen molar-refractivity contribution in [2.24, 2.45) is 0 Å². The fourth-order valence-corrected chi connectivity index (χ4v) is 3.29. The molecule has 2 N–H and O–H groups in total. The molecule has 0 spiro atoms. The van der Waals surface area contributed by atoms with Gasteiger partial charge in [-0.05, 0) is 41.4 Å². The molecule has 5 heteroatoms. The lowest BCUT2D eigenvalue weighted by Gasteiger charge is -2.15. The molecule has 0 aliphatic rings. The molecule has 3 nitrogen and oxygen atoms in total. The number of aliphatic hydroxyl groups excluding tert-OH is 1. The van der Waals surface area contributed by atoms with E-state index in [1.165, 1.54) is 0 Å². The average molecular weight is 395 g/mol. The minimum Gasteiger partial charge on any atom is -0.492 e. The van der Waals surface area contributed by atoms with Gasteiger partial charge in [0.05, 0.1) is 17.2 Å². The quantitative estimate of drug-likeness (QED) is 0.703. The summed E-state index contributed by atoms with van der Waals surface area (Å²) in [6, 6.07) is 4.01. The lowest BCUT2D eigenvalue weighted by molar-refractivity contribution is 0.160. The summed E-state index contributed by atoms with van der Waals surface area (Å²) in [5.74, 6) is 0.864. The van der Waals surface area contributed by atoms with E-state index in [2.05, 4.69) is 44.1 Å². The highest BCUT2D eigenvalue weighted by molar-refractivity contribution is 9.11. The van der Waals surface area contributed by atoms with Crippen LogP contribution in [0.2, 0.25) is 0 Å². The molecular formula is C14H21Br2NO2. The zero-order chi connectivity index (χ0) is 14.3. The highest BCUT2D eigenvalue weighted by Crippen LogP contribution is 2.32. The Hall–Kier alpha value is -0.100. The van der Waals surface area contributed by atoms with Crippen molar-refractivity contribution in [2.45, 2.75) is 39.3 Å². The Morgan fingerprint density at radius 3 is 2.68 bits per heavy atom. The number of halogens is 2. The first-order chi connectivity index (χ1) is 9.08. The van der Waals surface area contributed by atoms with E-state index in [1.54, 1.807) is 0 Å². The topological polar surface area (TPSA) is 41.5 Å². The van der Waals surface area contributed by atoms with E-state index in [0.29, 0.717) is 19.7 Å². The van der Waals surface area contributed by atoms with Gasteiger partial charge in [-0.1, -0.05) is 29.3 Å². The van der Waals surface area contributed by atoms with E-state index in [1.807, 2.05) is 19.1 Å². The largest absolute Gasteiger partial charge is 0.492 e. The van der Waals surface area contributed by atoms with E-state index in [0.717, 1.165) is 33.1 Å². The second kappa shape index (κ2) is 8.95. The SMILES string of the molecule is CCCC(O)CNCc1cc(Br)cc(Br)c1OCC. The summed E-state index contributed by atoms with van der Waals surface area (Å²) in [6.07, 6.45) is 1.54. The van der Waals surface area contributed by atoms with Crippen LogP contribution in [0.4, 0.5) is 0 Å². The van der Waals surface area contributed by atoms with Crippen LogP contribution in [0.1, 0.15) is 32.3 Å². The molecular weight excluding hydrogens is 374 g/mol. The number of ether oxygens (including phenoxy) is 1. The Bertz CT molecular complexity index is 399. The summed E-state index contributed by atoms with van der Waals surface area (Å²) >= 11 is 6.99. The summed E-state index contributed by atoms with van der Waals surface area (Å²) in [5, 5.41) is 13.0. The van der Waals surface area contributed by atoms with Gasteiger partial charge in [-0.15, -0.1) is 0 Å². The van der Waals surface area contributed by atoms with Gasteiger partial charge in [0.1, 0.15) is 5.75 Å². The third-order valence-corrected chi connectivity index (χ3v) is 3.74. The van der Waals surface area contributed by atoms with Crippen molar-refractivity contribution in [1.29, 1.82) is 0 Å². The number of hydrogen-bond acceptors (Lipinski definition) is 3. The van der Waals surface area contributed by atoms with Crippen LogP contribution in [0.5, 0.6) is 5.75 Å². The Balaban J connectivity index is 2.65. The monoisotopic (exact) mass is 393 g/mol. The predicted octanol–water partition coefficient (Wildman–Crippen LogP) is 3.86. The molecule has 1 unspecified atom stereocenters. The second-order valence-electron chi connectivity index (χ2n) is 4.38. The highest BCUT2D eigenvalue weighted by atomic mass is 79.9. The average Bonchev–Trinajstić information content (AvgIpc) is 2.33. The minimum atomic E-state index is -0.281. The van der Waals surface area contributed by atoms with E-state index in [4.69, 9.17) is 4.74 Å². The molecule has 0 aliphatic carbocycles. The molecule has 0 heterocycles. The van der Waals surface area contributed by atoms with Gasteiger partial charge in [-0.25, -0.2) is 0 Å². The second-order valence-corrected chi connectivity index (χ2v) is 6.15. The van der Waals surface area contributed by atoms with Crippen LogP contribution < -0.4 is 10.1 Å². The molecule has 108 valence electrons. The summed E-state index contributed by atoms with van der Waals surface area (Å²) in [6.45, 7) is 5.95. The molecule has 0 aromatic heterocycles. The predicted molar refractivity (Wildman–Crippen MR) is 85.6 cm³/mol. The molecule has 1 aromatic rings. The molecule has 19 heavy (non-hydrogen) atoms. The molecule has 0 amide bonds. The van der Waals surface area contributed by atoms with Crippen molar-refractivity contribution < 1.29 is 9.84 Å². The van der Waals surface area contributed by atoms with Crippen molar-refractivity contribution in [3.05, 3.63) is 26.6 Å². The summed E-state index contributed by atoms with van der Waals surface area (Å²) < 4.78 is 7.61. The van der Waals surface area contributed by atoms with Gasteiger partial charge >= 0.3 is 0 Å². The van der Waals surface area contributed by atoms with Crippen LogP contribution in [-0.2, 0) is 6.54 Å². The van der Waals surface area contributed by atoms with Crippen LogP contribution in [0.3, 0.4) is 0 Å². The number of rotatable bonds is 8. The fourth-order valence-electron chi connectivity index (χ4n) is 1.86. The number of nitrogens with one attached hydrogen (secondary N) is 1. The molecule has 0 aliphatic heterocycles. The lowest BCUT2D eigenvalue weighted by atomic mass is 10.2. The molecule has 0 saturated carbocycles. The van der Waals surface area contributed by atoms with Gasteiger partial charge in [-0.2, -0.15) is 0 Å². The third kappa shape index (κ3) is 5.81. The Morgan fingerprint density at radius 1 is 1.32 bits per heavy atom. The van der Waals surface area contributed by atoms with E-state index >= 15 is 0 Å². The van der Waals surface area contributed by atoms with Crippen molar-refractivity contribution in [3.63, 3.8) is 0 Å². The van der Waals surface area contributed by atoms with Crippen LogP contribution >= 0.6 is 31.9 Å². The van der Waals surface area contributed by atoms with Gasteiger partial charge in [0.2, 0.25) is 0 Å². The third-order valence-electron chi connectivity index (χ3n) is 2.69. The van der Waals surface area contributed by atoms with Crippen LogP contribution in [0, 0.1) is 0 Å². The van der Waals surface area contributed by atoms with Gasteiger partial charge in [-0.3, -0.25) is 0 Å². The zero-order valence-electron chi connectivity index (χ0n) is 11.4. The Morgan fingerprint density at radius 2 is 2.05 bits per heavy atom. The number of benzene rings is 1. The van der Waals surface area contributed by atoms with Gasteiger partial charge < -0.3 is 15.2 Å². The van der Waals surface area contributed by atoms with E-state index < -0.39 is 0 Å². The van der Waals surface area contributed by atoms with Crippen molar-refractivity contribution in [3.8, 4) is 5.75 Å². The minimum absolute atomic E-state index is 0.281. The summed E-state index contributed by atoms with van der Waals surface area (Å²) in [4.78, 5) is 0. The van der Waals surface area contributed by atoms with Crippen molar-refractivity contribution in [1.82, 2.24) is 5.32 Å². The van der Waals surface area contributed by atoms with Gasteiger partial charge in [0, 0.05) is 23.1 Å². The summed E-state index contributed by atoms with van der Waals surface area (Å²) in [5.41, 5.74) is 1.08. The lowest BCUT2D eigenvalue weighted by Crippen LogP contribution is -2.26. The van der Waals surface area contributed by atoms with E-state index in [-0.39, 0.29) is 6.10 Å². The normalized spacial score (nSPS) is 12.5. The first-order valence-corrected chi connectivity index (χ1v) is 8.16. The molecule has 1 rings (SSSR count). The Kier molecular flexibility index (Phi) is 7.99. The molecule has 1 aromatic carbocycles. The number of hydrogen-bond donors (Lipinski definition) is 2. The van der Waals surface area contributed by atoms with Crippen LogP contribution in [-0.4, -0.2) is 24.4 Å². The van der Waals surface area contributed by atoms with Gasteiger partial charge in [0.15, 0.2) is 0 Å². The first kappa shape index (κ1) is 17.0. The summed E-state index contributed by atoms with van der Waals surface area (Å²) in [7, 11) is 0. The molecule has 1 atom stereocenters.